The summed E-state index contributed by atoms with van der Waals surface area (Å²) in [6.07, 6.45) is 0.902. The van der Waals surface area contributed by atoms with E-state index < -0.39 is 6.10 Å². The number of fused-ring (bicyclic) bond motifs is 1. The molecule has 0 saturated heterocycles. The smallest absolute Gasteiger partial charge is 0.0810 e. The van der Waals surface area contributed by atoms with Crippen LogP contribution >= 0.6 is 0 Å². The van der Waals surface area contributed by atoms with Crippen LogP contribution in [0.4, 0.5) is 0 Å². The monoisotopic (exact) mass is 320 g/mol. The summed E-state index contributed by atoms with van der Waals surface area (Å²) in [5.41, 5.74) is 2.41. The van der Waals surface area contributed by atoms with Crippen LogP contribution in [-0.4, -0.2) is 17.3 Å². The standard InChI is InChI=1S/C22H24O2/c1-17(24-16-18-8-3-2-4-9-18)22(23)15-14-20-12-7-11-19-10-5-6-13-21(19)20/h2-13,17,22-23H,14-16H2,1H3/t17-,22+/m0/s1. The Bertz CT molecular complexity index is 762. The molecule has 0 aliphatic carbocycles. The van der Waals surface area contributed by atoms with Crippen LogP contribution in [0.5, 0.6) is 0 Å². The maximum atomic E-state index is 10.4. The average molecular weight is 320 g/mol. The van der Waals surface area contributed by atoms with E-state index in [0.717, 1.165) is 12.0 Å². The summed E-state index contributed by atoms with van der Waals surface area (Å²) < 4.78 is 5.82. The van der Waals surface area contributed by atoms with Gasteiger partial charge in [0.2, 0.25) is 0 Å². The lowest BCUT2D eigenvalue weighted by atomic mass is 9.98. The second-order valence-electron chi connectivity index (χ2n) is 6.25. The maximum absolute atomic E-state index is 10.4. The van der Waals surface area contributed by atoms with Crippen LogP contribution in [0.2, 0.25) is 0 Å². The van der Waals surface area contributed by atoms with E-state index in [2.05, 4.69) is 42.5 Å². The van der Waals surface area contributed by atoms with Gasteiger partial charge in [0.15, 0.2) is 0 Å². The summed E-state index contributed by atoms with van der Waals surface area (Å²) in [7, 11) is 0. The zero-order valence-corrected chi connectivity index (χ0v) is 14.1. The van der Waals surface area contributed by atoms with Crippen molar-refractivity contribution in [2.45, 2.75) is 38.6 Å². The summed E-state index contributed by atoms with van der Waals surface area (Å²) in [5.74, 6) is 0. The van der Waals surface area contributed by atoms with Gasteiger partial charge in [-0.3, -0.25) is 0 Å². The summed E-state index contributed by atoms with van der Waals surface area (Å²) >= 11 is 0. The Kier molecular flexibility index (Phi) is 5.63. The molecule has 2 atom stereocenters. The van der Waals surface area contributed by atoms with Gasteiger partial charge in [-0.25, -0.2) is 0 Å². The lowest BCUT2D eigenvalue weighted by Gasteiger charge is -2.20. The van der Waals surface area contributed by atoms with E-state index >= 15 is 0 Å². The zero-order chi connectivity index (χ0) is 16.8. The highest BCUT2D eigenvalue weighted by Gasteiger charge is 2.15. The van der Waals surface area contributed by atoms with Crippen LogP contribution in [-0.2, 0) is 17.8 Å². The fourth-order valence-electron chi connectivity index (χ4n) is 2.96. The van der Waals surface area contributed by atoms with Gasteiger partial charge in [-0.2, -0.15) is 0 Å². The molecular weight excluding hydrogens is 296 g/mol. The molecule has 0 unspecified atom stereocenters. The Morgan fingerprint density at radius 3 is 2.42 bits per heavy atom. The summed E-state index contributed by atoms with van der Waals surface area (Å²) in [6.45, 7) is 2.48. The predicted molar refractivity (Wildman–Crippen MR) is 99.0 cm³/mol. The van der Waals surface area contributed by atoms with Crippen LogP contribution in [0.25, 0.3) is 10.8 Å². The molecule has 0 heterocycles. The summed E-state index contributed by atoms with van der Waals surface area (Å²) in [4.78, 5) is 0. The van der Waals surface area contributed by atoms with E-state index in [1.54, 1.807) is 0 Å². The average Bonchev–Trinajstić information content (AvgIpc) is 2.65. The molecule has 0 radical (unpaired) electrons. The van der Waals surface area contributed by atoms with Gasteiger partial charge in [0, 0.05) is 0 Å². The van der Waals surface area contributed by atoms with Crippen molar-refractivity contribution in [1.82, 2.24) is 0 Å². The minimum absolute atomic E-state index is 0.180. The topological polar surface area (TPSA) is 29.5 Å². The van der Waals surface area contributed by atoms with E-state index in [-0.39, 0.29) is 6.10 Å². The maximum Gasteiger partial charge on any atom is 0.0810 e. The first-order valence-electron chi connectivity index (χ1n) is 8.54. The SMILES string of the molecule is C[C@H](OCc1ccccc1)[C@H](O)CCc1cccc2ccccc12. The molecule has 1 N–H and O–H groups in total. The number of hydrogen-bond donors (Lipinski definition) is 1. The highest BCUT2D eigenvalue weighted by atomic mass is 16.5. The first-order valence-corrected chi connectivity index (χ1v) is 8.54. The molecule has 3 aromatic carbocycles. The van der Waals surface area contributed by atoms with Crippen molar-refractivity contribution >= 4 is 10.8 Å². The number of rotatable bonds is 7. The number of aryl methyl sites for hydroxylation is 1. The third-order valence-electron chi connectivity index (χ3n) is 4.49. The Labute approximate surface area is 143 Å². The summed E-state index contributed by atoms with van der Waals surface area (Å²) in [5, 5.41) is 12.9. The van der Waals surface area contributed by atoms with Crippen LogP contribution in [0.15, 0.2) is 72.8 Å². The van der Waals surface area contributed by atoms with Crippen LogP contribution in [0.3, 0.4) is 0 Å². The quantitative estimate of drug-likeness (QED) is 0.681. The van der Waals surface area contributed by atoms with Gasteiger partial charge < -0.3 is 9.84 Å². The van der Waals surface area contributed by atoms with Crippen molar-refractivity contribution in [3.63, 3.8) is 0 Å². The van der Waals surface area contributed by atoms with Gasteiger partial charge in [0.05, 0.1) is 18.8 Å². The number of benzene rings is 3. The van der Waals surface area contributed by atoms with E-state index in [4.69, 9.17) is 4.74 Å². The highest BCUT2D eigenvalue weighted by molar-refractivity contribution is 5.85. The van der Waals surface area contributed by atoms with Crippen LogP contribution < -0.4 is 0 Å². The third kappa shape index (κ3) is 4.22. The fourth-order valence-corrected chi connectivity index (χ4v) is 2.96. The first kappa shape index (κ1) is 16.7. The van der Waals surface area contributed by atoms with Crippen molar-refractivity contribution in [1.29, 1.82) is 0 Å². The molecule has 3 aromatic rings. The second kappa shape index (κ2) is 8.09. The number of ether oxygens (including phenoxy) is 1. The minimum Gasteiger partial charge on any atom is -0.390 e. The van der Waals surface area contributed by atoms with Crippen molar-refractivity contribution in [3.05, 3.63) is 83.9 Å². The van der Waals surface area contributed by atoms with Gasteiger partial charge in [-0.1, -0.05) is 72.8 Å². The van der Waals surface area contributed by atoms with Gasteiger partial charge >= 0.3 is 0 Å². The molecule has 0 aromatic heterocycles. The van der Waals surface area contributed by atoms with Crippen molar-refractivity contribution in [2.75, 3.05) is 0 Å². The fraction of sp³-hybridized carbons (Fsp3) is 0.273. The molecule has 0 saturated carbocycles. The molecule has 0 amide bonds. The third-order valence-corrected chi connectivity index (χ3v) is 4.49. The molecule has 0 aliphatic rings. The van der Waals surface area contributed by atoms with Gasteiger partial charge in [0.1, 0.15) is 0 Å². The summed E-state index contributed by atoms with van der Waals surface area (Å²) in [6, 6.07) is 24.8. The molecule has 2 heteroatoms. The Hall–Kier alpha value is -2.16. The Morgan fingerprint density at radius 2 is 1.58 bits per heavy atom. The molecule has 0 bridgehead atoms. The minimum atomic E-state index is -0.465. The molecule has 2 nitrogen and oxygen atoms in total. The molecule has 0 spiro atoms. The molecule has 0 aliphatic heterocycles. The normalized spacial score (nSPS) is 13.8. The first-order chi connectivity index (χ1) is 11.7. The lowest BCUT2D eigenvalue weighted by molar-refractivity contribution is -0.0377. The Morgan fingerprint density at radius 1 is 0.875 bits per heavy atom. The lowest BCUT2D eigenvalue weighted by Crippen LogP contribution is -2.26. The molecular formula is C22H24O2. The number of aliphatic hydroxyl groups is 1. The van der Waals surface area contributed by atoms with E-state index in [1.807, 2.05) is 37.3 Å². The molecule has 24 heavy (non-hydrogen) atoms. The van der Waals surface area contributed by atoms with E-state index in [0.29, 0.717) is 13.0 Å². The number of aliphatic hydroxyl groups excluding tert-OH is 1. The van der Waals surface area contributed by atoms with E-state index in [1.165, 1.54) is 16.3 Å². The van der Waals surface area contributed by atoms with Crippen LogP contribution in [0, 0.1) is 0 Å². The molecule has 124 valence electrons. The molecule has 0 fully saturated rings. The van der Waals surface area contributed by atoms with Crippen LogP contribution in [0.1, 0.15) is 24.5 Å². The van der Waals surface area contributed by atoms with Gasteiger partial charge in [0.25, 0.3) is 0 Å². The van der Waals surface area contributed by atoms with Gasteiger partial charge in [-0.05, 0) is 41.7 Å². The van der Waals surface area contributed by atoms with Crippen molar-refractivity contribution < 1.29 is 9.84 Å². The van der Waals surface area contributed by atoms with Crippen molar-refractivity contribution in [3.8, 4) is 0 Å². The van der Waals surface area contributed by atoms with Gasteiger partial charge in [-0.15, -0.1) is 0 Å². The zero-order valence-electron chi connectivity index (χ0n) is 14.1. The van der Waals surface area contributed by atoms with E-state index in [9.17, 15) is 5.11 Å². The largest absolute Gasteiger partial charge is 0.390 e. The Balaban J connectivity index is 1.55. The highest BCUT2D eigenvalue weighted by Crippen LogP contribution is 2.21. The number of hydrogen-bond acceptors (Lipinski definition) is 2. The predicted octanol–water partition coefficient (Wildman–Crippen LogP) is 4.74. The second-order valence-corrected chi connectivity index (χ2v) is 6.25. The van der Waals surface area contributed by atoms with Crippen molar-refractivity contribution in [2.24, 2.45) is 0 Å². The molecule has 3 rings (SSSR count).